The van der Waals surface area contributed by atoms with Gasteiger partial charge in [-0.3, -0.25) is 4.79 Å². The van der Waals surface area contributed by atoms with E-state index < -0.39 is 0 Å². The predicted octanol–water partition coefficient (Wildman–Crippen LogP) is 11.2. The average Bonchev–Trinajstić information content (AvgIpc) is 3.65. The Morgan fingerprint density at radius 2 is 1.59 bits per heavy atom. The Hall–Kier alpha value is -3.11. The molecule has 0 unspecified atom stereocenters. The molecule has 2 heterocycles. The fourth-order valence-corrected chi connectivity index (χ4v) is 7.70. The number of nitrogens with zero attached hydrogens (tertiary/aromatic N) is 1. The van der Waals surface area contributed by atoms with Crippen molar-refractivity contribution < 1.29 is 34.6 Å². The molecule has 5 aromatic rings. The quantitative estimate of drug-likeness (QED) is 0.0831. The van der Waals surface area contributed by atoms with Gasteiger partial charge in [0.2, 0.25) is 0 Å². The Kier molecular flexibility index (Phi) is 11.1. The molecule has 1 aliphatic carbocycles. The fourth-order valence-electron chi connectivity index (χ4n) is 6.38. The normalized spacial score (nSPS) is 14.2. The number of carbonyl (C=O) groups excluding carboxylic acids is 1. The first-order chi connectivity index (χ1) is 21.3. The second-order valence-corrected chi connectivity index (χ2v) is 15.3. The van der Waals surface area contributed by atoms with Crippen molar-refractivity contribution in [2.24, 2.45) is 11.8 Å². The molecular weight excluding hydrogens is 763 g/mol. The van der Waals surface area contributed by atoms with E-state index >= 15 is 0 Å². The number of aliphatic hydroxyl groups excluding tert-OH is 1. The van der Waals surface area contributed by atoms with Crippen LogP contribution in [0.25, 0.3) is 42.2 Å². The number of ketones is 1. The molecule has 6 rings (SSSR count). The number of hydrogen-bond acceptors (Lipinski definition) is 3. The zero-order valence-corrected chi connectivity index (χ0v) is 31.6. The Morgan fingerprint density at radius 1 is 0.935 bits per heavy atom. The summed E-state index contributed by atoms with van der Waals surface area (Å²) in [6, 6.07) is 20.5. The third-order valence-electron chi connectivity index (χ3n) is 9.17. The summed E-state index contributed by atoms with van der Waals surface area (Å²) in [6.07, 6.45) is 8.82. The van der Waals surface area contributed by atoms with Crippen LogP contribution in [-0.2, 0) is 30.3 Å². The third-order valence-corrected chi connectivity index (χ3v) is 10.3. The van der Waals surface area contributed by atoms with Crippen molar-refractivity contribution >= 4 is 48.1 Å². The molecule has 5 heteroatoms. The van der Waals surface area contributed by atoms with E-state index in [4.69, 9.17) is 0 Å². The van der Waals surface area contributed by atoms with Crippen LogP contribution in [0.1, 0.15) is 96.8 Å². The van der Waals surface area contributed by atoms with Crippen LogP contribution in [0.3, 0.4) is 0 Å². The van der Waals surface area contributed by atoms with E-state index in [1.807, 2.05) is 43.6 Å². The number of allylic oxidation sites excluding steroid dienone is 2. The largest absolute Gasteiger partial charge is 0.512 e. The van der Waals surface area contributed by atoms with Crippen LogP contribution in [0.2, 0.25) is 0 Å². The van der Waals surface area contributed by atoms with Crippen LogP contribution in [0.5, 0.6) is 0 Å². The van der Waals surface area contributed by atoms with E-state index in [2.05, 4.69) is 95.5 Å². The summed E-state index contributed by atoms with van der Waals surface area (Å²) < 4.78 is 4.73. The van der Waals surface area contributed by atoms with E-state index in [-0.39, 0.29) is 48.9 Å². The molecule has 2 aromatic heterocycles. The van der Waals surface area contributed by atoms with Crippen LogP contribution in [0.15, 0.2) is 72.6 Å². The van der Waals surface area contributed by atoms with Crippen molar-refractivity contribution in [2.45, 2.75) is 85.5 Å². The molecule has 1 aliphatic rings. The summed E-state index contributed by atoms with van der Waals surface area (Å²) in [6.45, 7) is 18.8. The monoisotopic (exact) mass is 811 g/mol. The van der Waals surface area contributed by atoms with Crippen LogP contribution < -0.4 is 4.57 Å². The first kappa shape index (κ1) is 35.7. The smallest absolute Gasteiger partial charge is 0.161 e. The van der Waals surface area contributed by atoms with Crippen molar-refractivity contribution in [1.82, 2.24) is 0 Å². The number of rotatable bonds is 5. The van der Waals surface area contributed by atoms with Crippen molar-refractivity contribution in [2.75, 3.05) is 0 Å². The molecule has 0 saturated heterocycles. The van der Waals surface area contributed by atoms with Gasteiger partial charge in [0.05, 0.1) is 17.6 Å². The van der Waals surface area contributed by atoms with Gasteiger partial charge < -0.3 is 9.67 Å². The molecule has 1 fully saturated rings. The number of fused-ring (bicyclic) bond motifs is 4. The first-order valence-electron chi connectivity index (χ1n) is 16.3. The summed E-state index contributed by atoms with van der Waals surface area (Å²) in [7, 11) is 4.41. The molecule has 0 bridgehead atoms. The molecular formula is C41H48IrNO2S-. The van der Waals surface area contributed by atoms with E-state index in [1.165, 1.54) is 85.1 Å². The number of carbonyl (C=O) groups is 1. The topological polar surface area (TPSA) is 41.2 Å². The van der Waals surface area contributed by atoms with Gasteiger partial charge in [0.25, 0.3) is 0 Å². The minimum atomic E-state index is -0.0316. The van der Waals surface area contributed by atoms with Gasteiger partial charge in [-0.1, -0.05) is 103 Å². The van der Waals surface area contributed by atoms with Crippen molar-refractivity contribution in [3.8, 4) is 11.3 Å². The zero-order chi connectivity index (χ0) is 32.6. The van der Waals surface area contributed by atoms with Gasteiger partial charge in [0.15, 0.2) is 5.78 Å². The van der Waals surface area contributed by atoms with Gasteiger partial charge in [-0.05, 0) is 52.6 Å². The predicted molar refractivity (Wildman–Crippen MR) is 193 cm³/mol. The molecule has 0 amide bonds. The summed E-state index contributed by atoms with van der Waals surface area (Å²) in [5, 5.41) is 14.4. The minimum absolute atomic E-state index is 0. The molecule has 1 N–H and O–H groups in total. The van der Waals surface area contributed by atoms with E-state index in [0.717, 1.165) is 11.5 Å². The maximum absolute atomic E-state index is 11.0. The Morgan fingerprint density at radius 3 is 2.20 bits per heavy atom. The summed E-state index contributed by atoms with van der Waals surface area (Å²) in [4.78, 5) is 11.0. The van der Waals surface area contributed by atoms with Crippen LogP contribution in [0, 0.1) is 25.8 Å². The van der Waals surface area contributed by atoms with Gasteiger partial charge in [-0.2, -0.15) is 12.5 Å². The van der Waals surface area contributed by atoms with Crippen molar-refractivity contribution in [3.63, 3.8) is 0 Å². The summed E-state index contributed by atoms with van der Waals surface area (Å²) in [5.74, 6) is 0.890. The molecule has 0 spiro atoms. The number of aromatic nitrogens is 1. The molecule has 3 aromatic carbocycles. The number of hydrogen-bond donors (Lipinski definition) is 1. The Bertz CT molecular complexity index is 1900. The van der Waals surface area contributed by atoms with Gasteiger partial charge in [-0.25, -0.2) is 0 Å². The van der Waals surface area contributed by atoms with Gasteiger partial charge >= 0.3 is 0 Å². The summed E-state index contributed by atoms with van der Waals surface area (Å²) >= 11 is 1.91. The van der Waals surface area contributed by atoms with Gasteiger partial charge in [0, 0.05) is 54.5 Å². The van der Waals surface area contributed by atoms with E-state index in [9.17, 15) is 9.90 Å². The van der Waals surface area contributed by atoms with Crippen molar-refractivity contribution in [3.05, 3.63) is 103 Å². The number of benzene rings is 3. The second-order valence-electron chi connectivity index (χ2n) is 14.2. The Balaban J connectivity index is 0.000000346. The van der Waals surface area contributed by atoms with Crippen LogP contribution in [0.4, 0.5) is 0 Å². The number of aliphatic hydroxyl groups is 1. The van der Waals surface area contributed by atoms with Crippen LogP contribution >= 0.6 is 11.3 Å². The van der Waals surface area contributed by atoms with Crippen LogP contribution in [-0.4, -0.2) is 10.9 Å². The second kappa shape index (κ2) is 14.3. The van der Waals surface area contributed by atoms with Crippen molar-refractivity contribution in [1.29, 1.82) is 0 Å². The van der Waals surface area contributed by atoms with E-state index in [0.29, 0.717) is 0 Å². The molecule has 0 aliphatic heterocycles. The molecule has 1 saturated carbocycles. The fraction of sp³-hybridized carbons (Fsp3) is 0.366. The SMILES string of the molecule is CC(C)C(=O)/C=C(\O)C(C)C.[CH2-]c1c(-c2c3sc4cc(C5CCCC5)ccc4c3cc[n+]2[CH2-])cc(C(C)(C)C)c2ccccc12.[Ir]. The molecule has 3 nitrogen and oxygen atoms in total. The minimum Gasteiger partial charge on any atom is -0.512 e. The molecule has 1 radical (unpaired) electrons. The maximum Gasteiger partial charge on any atom is 0.161 e. The first-order valence-corrected chi connectivity index (χ1v) is 17.1. The molecule has 0 atom stereocenters. The van der Waals surface area contributed by atoms with E-state index in [1.54, 1.807) is 0 Å². The maximum atomic E-state index is 11.0. The third kappa shape index (κ3) is 7.23. The Labute approximate surface area is 293 Å². The average molecular weight is 811 g/mol. The number of pyridine rings is 1. The molecule has 245 valence electrons. The standard InChI is InChI=1S/C32H32NS.C9H16O2.Ir/c1-20-23-12-8-9-13-24(23)28(32(2,3)4)19-27(20)30-31-26(16-17-33(30)5)25-15-14-22(18-29(25)34-31)21-10-6-7-11-21;1-6(2)8(10)5-9(11)7(3)4;/h8-9,12-19,21H,1,5-7,10-11H2,2-4H3;5-7,10H,1-4H3;/q-1;;/b;8-5-;. The molecule has 46 heavy (non-hydrogen) atoms. The van der Waals surface area contributed by atoms with Gasteiger partial charge in [0.1, 0.15) is 0 Å². The van der Waals surface area contributed by atoms with Gasteiger partial charge in [-0.15, -0.1) is 34.4 Å². The number of thiophene rings is 1. The zero-order valence-electron chi connectivity index (χ0n) is 28.4. The summed E-state index contributed by atoms with van der Waals surface area (Å²) in [5.41, 5.74) is 6.33.